The average molecular weight is 214 g/mol. The number of aromatic nitrogens is 2. The third-order valence-corrected chi connectivity index (χ3v) is 1.55. The van der Waals surface area contributed by atoms with E-state index in [0.717, 1.165) is 0 Å². The standard InChI is InChI=1S/C8H8ClN3O2/c9-6-4-11-5(8(10)12-6)2-1-3-7(13)14/h1-2,4H,3H2,(H2,10,12)(H,13,14). The van der Waals surface area contributed by atoms with Crippen molar-refractivity contribution in [3.8, 4) is 0 Å². The number of nitrogens with two attached hydrogens (primary N) is 1. The predicted molar refractivity (Wildman–Crippen MR) is 52.7 cm³/mol. The van der Waals surface area contributed by atoms with E-state index in [2.05, 4.69) is 9.97 Å². The third kappa shape index (κ3) is 3.02. The van der Waals surface area contributed by atoms with Crippen molar-refractivity contribution in [3.05, 3.63) is 23.1 Å². The summed E-state index contributed by atoms with van der Waals surface area (Å²) in [5.74, 6) is -0.735. The summed E-state index contributed by atoms with van der Waals surface area (Å²) < 4.78 is 0. The number of carboxylic acid groups (broad SMARTS) is 1. The largest absolute Gasteiger partial charge is 0.481 e. The van der Waals surface area contributed by atoms with Crippen LogP contribution in [0.15, 0.2) is 12.3 Å². The average Bonchev–Trinajstić information content (AvgIpc) is 2.08. The van der Waals surface area contributed by atoms with Crippen LogP contribution in [0.1, 0.15) is 12.1 Å². The Morgan fingerprint density at radius 1 is 1.71 bits per heavy atom. The van der Waals surface area contributed by atoms with Gasteiger partial charge in [0, 0.05) is 0 Å². The molecule has 0 amide bonds. The van der Waals surface area contributed by atoms with E-state index in [1.54, 1.807) is 0 Å². The second-order valence-electron chi connectivity index (χ2n) is 2.46. The van der Waals surface area contributed by atoms with Crippen molar-refractivity contribution in [1.29, 1.82) is 0 Å². The van der Waals surface area contributed by atoms with Gasteiger partial charge in [-0.05, 0) is 6.08 Å². The number of anilines is 1. The highest BCUT2D eigenvalue weighted by molar-refractivity contribution is 6.29. The van der Waals surface area contributed by atoms with E-state index in [1.807, 2.05) is 0 Å². The van der Waals surface area contributed by atoms with Crippen LogP contribution in [0.25, 0.3) is 6.08 Å². The molecule has 0 fully saturated rings. The highest BCUT2D eigenvalue weighted by atomic mass is 35.5. The molecule has 5 nitrogen and oxygen atoms in total. The van der Waals surface area contributed by atoms with Gasteiger partial charge < -0.3 is 10.8 Å². The Balaban J connectivity index is 2.76. The Morgan fingerprint density at radius 3 is 3.00 bits per heavy atom. The Labute approximate surface area is 85.2 Å². The number of hydrogen-bond acceptors (Lipinski definition) is 4. The summed E-state index contributed by atoms with van der Waals surface area (Å²) in [6, 6.07) is 0. The Kier molecular flexibility index (Phi) is 3.41. The SMILES string of the molecule is Nc1nc(Cl)cnc1C=CCC(=O)O. The summed E-state index contributed by atoms with van der Waals surface area (Å²) in [5.41, 5.74) is 5.89. The van der Waals surface area contributed by atoms with Crippen LogP contribution in [0.4, 0.5) is 5.82 Å². The molecular weight excluding hydrogens is 206 g/mol. The Morgan fingerprint density at radius 2 is 2.43 bits per heavy atom. The smallest absolute Gasteiger partial charge is 0.307 e. The lowest BCUT2D eigenvalue weighted by molar-refractivity contribution is -0.135. The normalized spacial score (nSPS) is 10.6. The lowest BCUT2D eigenvalue weighted by Crippen LogP contribution is -1.97. The molecule has 14 heavy (non-hydrogen) atoms. The van der Waals surface area contributed by atoms with Crippen LogP contribution in [-0.4, -0.2) is 21.0 Å². The molecule has 0 aliphatic carbocycles. The number of carboxylic acids is 1. The number of hydrogen-bond donors (Lipinski definition) is 2. The number of aliphatic carboxylic acids is 1. The van der Waals surface area contributed by atoms with E-state index >= 15 is 0 Å². The fourth-order valence-corrected chi connectivity index (χ4v) is 0.930. The van der Waals surface area contributed by atoms with Crippen molar-refractivity contribution in [1.82, 2.24) is 9.97 Å². The van der Waals surface area contributed by atoms with Crippen molar-refractivity contribution in [2.24, 2.45) is 0 Å². The molecule has 0 unspecified atom stereocenters. The minimum atomic E-state index is -0.915. The van der Waals surface area contributed by atoms with E-state index in [0.29, 0.717) is 5.69 Å². The summed E-state index contributed by atoms with van der Waals surface area (Å²) in [4.78, 5) is 17.8. The molecule has 3 N–H and O–H groups in total. The molecule has 1 aromatic rings. The van der Waals surface area contributed by atoms with Crippen molar-refractivity contribution in [2.75, 3.05) is 5.73 Å². The first-order chi connectivity index (χ1) is 6.59. The molecule has 0 spiro atoms. The van der Waals surface area contributed by atoms with Crippen molar-refractivity contribution >= 4 is 29.5 Å². The first-order valence-electron chi connectivity index (χ1n) is 3.76. The summed E-state index contributed by atoms with van der Waals surface area (Å²) >= 11 is 5.53. The molecule has 74 valence electrons. The number of nitrogens with zero attached hydrogens (tertiary/aromatic N) is 2. The molecule has 0 atom stereocenters. The highest BCUT2D eigenvalue weighted by Crippen LogP contribution is 2.11. The fraction of sp³-hybridized carbons (Fsp3) is 0.125. The molecular formula is C8H8ClN3O2. The molecule has 0 aromatic carbocycles. The molecule has 0 aliphatic rings. The molecule has 0 saturated heterocycles. The molecule has 1 rings (SSSR count). The Bertz CT molecular complexity index is 379. The van der Waals surface area contributed by atoms with E-state index in [4.69, 9.17) is 22.4 Å². The first kappa shape index (κ1) is 10.5. The van der Waals surface area contributed by atoms with Crippen LogP contribution in [0.3, 0.4) is 0 Å². The van der Waals surface area contributed by atoms with Gasteiger partial charge in [0.1, 0.15) is 10.8 Å². The van der Waals surface area contributed by atoms with Crippen LogP contribution in [-0.2, 0) is 4.79 Å². The van der Waals surface area contributed by atoms with Gasteiger partial charge in [-0.1, -0.05) is 17.7 Å². The lowest BCUT2D eigenvalue weighted by atomic mass is 10.3. The zero-order valence-corrected chi connectivity index (χ0v) is 7.90. The quantitative estimate of drug-likeness (QED) is 0.788. The summed E-state index contributed by atoms with van der Waals surface area (Å²) in [7, 11) is 0. The zero-order chi connectivity index (χ0) is 10.6. The number of nitrogen functional groups attached to an aromatic ring is 1. The second kappa shape index (κ2) is 4.57. The third-order valence-electron chi connectivity index (χ3n) is 1.37. The maximum Gasteiger partial charge on any atom is 0.307 e. The van der Waals surface area contributed by atoms with Gasteiger partial charge in [0.05, 0.1) is 12.6 Å². The fourth-order valence-electron chi connectivity index (χ4n) is 0.790. The second-order valence-corrected chi connectivity index (χ2v) is 2.85. The van der Waals surface area contributed by atoms with Gasteiger partial charge in [0.2, 0.25) is 0 Å². The summed E-state index contributed by atoms with van der Waals surface area (Å²) in [5, 5.41) is 8.57. The molecule has 0 saturated carbocycles. The first-order valence-corrected chi connectivity index (χ1v) is 4.13. The van der Waals surface area contributed by atoms with Gasteiger partial charge in [0.15, 0.2) is 5.82 Å². The highest BCUT2D eigenvalue weighted by Gasteiger charge is 1.99. The topological polar surface area (TPSA) is 89.1 Å². The lowest BCUT2D eigenvalue weighted by Gasteiger charge is -1.97. The van der Waals surface area contributed by atoms with E-state index < -0.39 is 5.97 Å². The number of rotatable bonds is 3. The van der Waals surface area contributed by atoms with Crippen LogP contribution in [0.2, 0.25) is 5.15 Å². The van der Waals surface area contributed by atoms with E-state index in [9.17, 15) is 4.79 Å². The van der Waals surface area contributed by atoms with Crippen molar-refractivity contribution < 1.29 is 9.90 Å². The minimum absolute atomic E-state index is 0.0796. The van der Waals surface area contributed by atoms with Crippen molar-refractivity contribution in [3.63, 3.8) is 0 Å². The van der Waals surface area contributed by atoms with Gasteiger partial charge in [-0.2, -0.15) is 0 Å². The van der Waals surface area contributed by atoms with Gasteiger partial charge in [-0.25, -0.2) is 9.97 Å². The predicted octanol–water partition coefficient (Wildman–Crippen LogP) is 1.20. The monoisotopic (exact) mass is 213 g/mol. The molecule has 0 aliphatic heterocycles. The molecule has 1 aromatic heterocycles. The van der Waals surface area contributed by atoms with Gasteiger partial charge in [-0.15, -0.1) is 0 Å². The van der Waals surface area contributed by atoms with Gasteiger partial charge in [-0.3, -0.25) is 4.79 Å². The molecule has 1 heterocycles. The van der Waals surface area contributed by atoms with Crippen LogP contribution in [0.5, 0.6) is 0 Å². The molecule has 0 radical (unpaired) electrons. The Hall–Kier alpha value is -1.62. The molecule has 0 bridgehead atoms. The van der Waals surface area contributed by atoms with Crippen molar-refractivity contribution in [2.45, 2.75) is 6.42 Å². The minimum Gasteiger partial charge on any atom is -0.481 e. The molecule has 6 heteroatoms. The van der Waals surface area contributed by atoms with Crippen LogP contribution >= 0.6 is 11.6 Å². The van der Waals surface area contributed by atoms with Gasteiger partial charge in [0.25, 0.3) is 0 Å². The zero-order valence-electron chi connectivity index (χ0n) is 7.14. The van der Waals surface area contributed by atoms with E-state index in [1.165, 1.54) is 18.3 Å². The summed E-state index contributed by atoms with van der Waals surface area (Å²) in [6.07, 6.45) is 4.20. The van der Waals surface area contributed by atoms with Gasteiger partial charge >= 0.3 is 5.97 Å². The summed E-state index contributed by atoms with van der Waals surface area (Å²) in [6.45, 7) is 0. The van der Waals surface area contributed by atoms with Crippen LogP contribution in [0, 0.1) is 0 Å². The maximum absolute atomic E-state index is 10.2. The number of halogens is 1. The van der Waals surface area contributed by atoms with E-state index in [-0.39, 0.29) is 17.4 Å². The number of carbonyl (C=O) groups is 1. The van der Waals surface area contributed by atoms with Crippen LogP contribution < -0.4 is 5.73 Å². The maximum atomic E-state index is 10.2.